The van der Waals surface area contributed by atoms with Crippen LogP contribution < -0.4 is 0 Å². The third-order valence-corrected chi connectivity index (χ3v) is 3.71. The summed E-state index contributed by atoms with van der Waals surface area (Å²) in [5, 5.41) is 11.9. The number of rotatable bonds is 5. The van der Waals surface area contributed by atoms with Gasteiger partial charge in [0.2, 0.25) is 0 Å². The van der Waals surface area contributed by atoms with E-state index in [0.29, 0.717) is 13.2 Å². The van der Waals surface area contributed by atoms with E-state index in [1.165, 1.54) is 0 Å². The average Bonchev–Trinajstić information content (AvgIpc) is 2.77. The highest BCUT2D eigenvalue weighted by atomic mass is 32.1. The standard InChI is InChI=1S/C14H16O2S/c1-11-7-8-17-14(11)13(15)10-16-9-12-5-3-2-4-6-12/h2-8,13,15H,9-10H2,1H3. The number of ether oxygens (including phenoxy) is 1. The van der Waals surface area contributed by atoms with Gasteiger partial charge in [-0.1, -0.05) is 30.3 Å². The molecule has 90 valence electrons. The molecule has 0 fully saturated rings. The molecule has 17 heavy (non-hydrogen) atoms. The van der Waals surface area contributed by atoms with Crippen LogP contribution in [0.3, 0.4) is 0 Å². The summed E-state index contributed by atoms with van der Waals surface area (Å²) >= 11 is 1.57. The molecule has 1 atom stereocenters. The summed E-state index contributed by atoms with van der Waals surface area (Å²) < 4.78 is 5.52. The van der Waals surface area contributed by atoms with E-state index in [1.54, 1.807) is 11.3 Å². The maximum Gasteiger partial charge on any atom is 0.112 e. The van der Waals surface area contributed by atoms with Crippen molar-refractivity contribution < 1.29 is 9.84 Å². The number of hydrogen-bond donors (Lipinski definition) is 1. The average molecular weight is 248 g/mol. The fourth-order valence-corrected chi connectivity index (χ4v) is 2.56. The molecule has 1 heterocycles. The third-order valence-electron chi connectivity index (χ3n) is 2.59. The predicted molar refractivity (Wildman–Crippen MR) is 70.1 cm³/mol. The quantitative estimate of drug-likeness (QED) is 0.879. The van der Waals surface area contributed by atoms with E-state index in [4.69, 9.17) is 4.74 Å². The number of aliphatic hydroxyl groups is 1. The first-order chi connectivity index (χ1) is 8.27. The molecule has 1 N–H and O–H groups in total. The van der Waals surface area contributed by atoms with E-state index in [2.05, 4.69) is 0 Å². The minimum Gasteiger partial charge on any atom is -0.385 e. The molecule has 2 nitrogen and oxygen atoms in total. The van der Waals surface area contributed by atoms with Gasteiger partial charge >= 0.3 is 0 Å². The zero-order chi connectivity index (χ0) is 12.1. The Morgan fingerprint density at radius 2 is 2.00 bits per heavy atom. The maximum absolute atomic E-state index is 9.95. The Bertz CT molecular complexity index is 450. The summed E-state index contributed by atoms with van der Waals surface area (Å²) in [4.78, 5) is 0.998. The molecule has 0 spiro atoms. The lowest BCUT2D eigenvalue weighted by atomic mass is 10.2. The molecule has 0 amide bonds. The van der Waals surface area contributed by atoms with E-state index in [0.717, 1.165) is 16.0 Å². The number of benzene rings is 1. The molecule has 0 radical (unpaired) electrons. The summed E-state index contributed by atoms with van der Waals surface area (Å²) in [6.07, 6.45) is -0.515. The molecule has 1 unspecified atom stereocenters. The highest BCUT2D eigenvalue weighted by molar-refractivity contribution is 7.10. The topological polar surface area (TPSA) is 29.5 Å². The minimum absolute atomic E-state index is 0.343. The number of thiophene rings is 1. The van der Waals surface area contributed by atoms with Crippen LogP contribution in [0.2, 0.25) is 0 Å². The molecular weight excluding hydrogens is 232 g/mol. The summed E-state index contributed by atoms with van der Waals surface area (Å²) in [6.45, 7) is 2.89. The Morgan fingerprint density at radius 3 is 2.65 bits per heavy atom. The van der Waals surface area contributed by atoms with E-state index in [1.807, 2.05) is 48.7 Å². The third kappa shape index (κ3) is 3.40. The molecule has 0 aliphatic rings. The van der Waals surface area contributed by atoms with Crippen LogP contribution in [0, 0.1) is 6.92 Å². The van der Waals surface area contributed by atoms with Crippen LogP contribution in [0.5, 0.6) is 0 Å². The van der Waals surface area contributed by atoms with Crippen LogP contribution in [0.4, 0.5) is 0 Å². The molecule has 0 bridgehead atoms. The van der Waals surface area contributed by atoms with Crippen LogP contribution in [-0.4, -0.2) is 11.7 Å². The first-order valence-electron chi connectivity index (χ1n) is 5.61. The smallest absolute Gasteiger partial charge is 0.112 e. The Labute approximate surface area is 105 Å². The second kappa shape index (κ2) is 5.96. The second-order valence-corrected chi connectivity index (χ2v) is 4.93. The SMILES string of the molecule is Cc1ccsc1C(O)COCc1ccccc1. The Morgan fingerprint density at radius 1 is 1.24 bits per heavy atom. The van der Waals surface area contributed by atoms with Crippen LogP contribution in [-0.2, 0) is 11.3 Å². The van der Waals surface area contributed by atoms with Gasteiger partial charge in [0.15, 0.2) is 0 Å². The normalized spacial score (nSPS) is 12.6. The van der Waals surface area contributed by atoms with Gasteiger partial charge < -0.3 is 9.84 Å². The predicted octanol–water partition coefficient (Wildman–Crippen LogP) is 3.31. The van der Waals surface area contributed by atoms with Crippen molar-refractivity contribution in [2.75, 3.05) is 6.61 Å². The number of aryl methyl sites for hydroxylation is 1. The van der Waals surface area contributed by atoms with E-state index < -0.39 is 6.10 Å². The number of hydrogen-bond acceptors (Lipinski definition) is 3. The minimum atomic E-state index is -0.515. The Balaban J connectivity index is 1.81. The zero-order valence-electron chi connectivity index (χ0n) is 9.80. The van der Waals surface area contributed by atoms with Crippen molar-refractivity contribution in [1.29, 1.82) is 0 Å². The van der Waals surface area contributed by atoms with Gasteiger partial charge in [-0.25, -0.2) is 0 Å². The van der Waals surface area contributed by atoms with Crippen molar-refractivity contribution >= 4 is 11.3 Å². The van der Waals surface area contributed by atoms with Gasteiger partial charge in [-0.3, -0.25) is 0 Å². The Hall–Kier alpha value is -1.16. The first kappa shape index (κ1) is 12.3. The summed E-state index contributed by atoms with van der Waals surface area (Å²) in [6, 6.07) is 12.0. The molecule has 0 aliphatic heterocycles. The lowest BCUT2D eigenvalue weighted by Gasteiger charge is -2.10. The summed E-state index contributed by atoms with van der Waals surface area (Å²) in [5.74, 6) is 0. The maximum atomic E-state index is 9.95. The summed E-state index contributed by atoms with van der Waals surface area (Å²) in [7, 11) is 0. The van der Waals surface area contributed by atoms with E-state index in [9.17, 15) is 5.11 Å². The fraction of sp³-hybridized carbons (Fsp3) is 0.286. The van der Waals surface area contributed by atoms with Gasteiger partial charge in [0.05, 0.1) is 13.2 Å². The highest BCUT2D eigenvalue weighted by Crippen LogP contribution is 2.24. The molecule has 3 heteroatoms. The van der Waals surface area contributed by atoms with Gasteiger partial charge in [-0.2, -0.15) is 0 Å². The highest BCUT2D eigenvalue weighted by Gasteiger charge is 2.11. The van der Waals surface area contributed by atoms with Crippen LogP contribution in [0.25, 0.3) is 0 Å². The molecule has 0 aliphatic carbocycles. The lowest BCUT2D eigenvalue weighted by molar-refractivity contribution is 0.0291. The van der Waals surface area contributed by atoms with Gasteiger partial charge in [0, 0.05) is 4.88 Å². The van der Waals surface area contributed by atoms with Crippen LogP contribution in [0.15, 0.2) is 41.8 Å². The zero-order valence-corrected chi connectivity index (χ0v) is 10.6. The molecule has 2 aromatic rings. The first-order valence-corrected chi connectivity index (χ1v) is 6.49. The molecule has 0 saturated heterocycles. The van der Waals surface area contributed by atoms with Crippen LogP contribution in [0.1, 0.15) is 22.1 Å². The monoisotopic (exact) mass is 248 g/mol. The van der Waals surface area contributed by atoms with Gasteiger partial charge in [-0.15, -0.1) is 11.3 Å². The number of aliphatic hydroxyl groups excluding tert-OH is 1. The molecule has 0 saturated carbocycles. The van der Waals surface area contributed by atoms with Crippen molar-refractivity contribution in [3.8, 4) is 0 Å². The molecule has 1 aromatic heterocycles. The largest absolute Gasteiger partial charge is 0.385 e. The van der Waals surface area contributed by atoms with Gasteiger partial charge in [0.25, 0.3) is 0 Å². The molecule has 1 aromatic carbocycles. The van der Waals surface area contributed by atoms with E-state index >= 15 is 0 Å². The second-order valence-electron chi connectivity index (χ2n) is 3.98. The Kier molecular flexibility index (Phi) is 4.31. The van der Waals surface area contributed by atoms with Crippen molar-refractivity contribution in [2.45, 2.75) is 19.6 Å². The van der Waals surface area contributed by atoms with Gasteiger partial charge in [0.1, 0.15) is 6.10 Å². The van der Waals surface area contributed by atoms with Crippen molar-refractivity contribution in [2.24, 2.45) is 0 Å². The van der Waals surface area contributed by atoms with Crippen molar-refractivity contribution in [3.05, 3.63) is 57.8 Å². The van der Waals surface area contributed by atoms with Gasteiger partial charge in [-0.05, 0) is 29.5 Å². The van der Waals surface area contributed by atoms with Crippen LogP contribution >= 0.6 is 11.3 Å². The fourth-order valence-electron chi connectivity index (χ4n) is 1.66. The molecule has 2 rings (SSSR count). The van der Waals surface area contributed by atoms with E-state index in [-0.39, 0.29) is 0 Å². The van der Waals surface area contributed by atoms with Crippen molar-refractivity contribution in [3.63, 3.8) is 0 Å². The summed E-state index contributed by atoms with van der Waals surface area (Å²) in [5.41, 5.74) is 2.26. The lowest BCUT2D eigenvalue weighted by Crippen LogP contribution is -2.06. The van der Waals surface area contributed by atoms with Crippen molar-refractivity contribution in [1.82, 2.24) is 0 Å². The molecular formula is C14H16O2S.